The topological polar surface area (TPSA) is 59.5 Å². The van der Waals surface area contributed by atoms with Gasteiger partial charge < -0.3 is 15.1 Å². The number of rotatable bonds is 5. The van der Waals surface area contributed by atoms with Gasteiger partial charge in [0.2, 0.25) is 5.91 Å². The van der Waals surface area contributed by atoms with Gasteiger partial charge in [0.1, 0.15) is 5.76 Å². The zero-order chi connectivity index (χ0) is 10.4. The molecule has 0 bridgehead atoms. The Labute approximate surface area is 83.7 Å². The van der Waals surface area contributed by atoms with Crippen molar-refractivity contribution in [2.24, 2.45) is 5.73 Å². The molecule has 0 aliphatic heterocycles. The van der Waals surface area contributed by atoms with Crippen LogP contribution in [-0.4, -0.2) is 23.9 Å². The summed E-state index contributed by atoms with van der Waals surface area (Å²) in [4.78, 5) is 13.1. The van der Waals surface area contributed by atoms with Crippen molar-refractivity contribution >= 4 is 5.91 Å². The number of carbonyl (C=O) groups is 1. The highest BCUT2D eigenvalue weighted by atomic mass is 16.3. The molecule has 0 spiro atoms. The predicted molar refractivity (Wildman–Crippen MR) is 53.5 cm³/mol. The summed E-state index contributed by atoms with van der Waals surface area (Å²) in [6.07, 6.45) is 2.53. The first-order chi connectivity index (χ1) is 6.77. The van der Waals surface area contributed by atoms with E-state index in [9.17, 15) is 4.79 Å². The van der Waals surface area contributed by atoms with Gasteiger partial charge in [0.25, 0.3) is 0 Å². The molecule has 4 heteroatoms. The van der Waals surface area contributed by atoms with Crippen LogP contribution in [-0.2, 0) is 11.3 Å². The van der Waals surface area contributed by atoms with E-state index >= 15 is 0 Å². The predicted octanol–water partition coefficient (Wildman–Crippen LogP) is 0.977. The summed E-state index contributed by atoms with van der Waals surface area (Å²) in [5.74, 6) is 0.753. The van der Waals surface area contributed by atoms with Crippen LogP contribution in [0.2, 0.25) is 0 Å². The fourth-order valence-electron chi connectivity index (χ4n) is 1.28. The highest BCUT2D eigenvalue weighted by Crippen LogP contribution is 2.05. The van der Waals surface area contributed by atoms with E-state index in [1.165, 1.54) is 0 Å². The minimum absolute atomic E-state index is 0.0387. The lowest BCUT2D eigenvalue weighted by atomic mass is 10.3. The van der Waals surface area contributed by atoms with Gasteiger partial charge in [0.05, 0.1) is 19.4 Å². The van der Waals surface area contributed by atoms with Crippen LogP contribution < -0.4 is 5.73 Å². The summed E-state index contributed by atoms with van der Waals surface area (Å²) in [7, 11) is 0. The summed E-state index contributed by atoms with van der Waals surface area (Å²) in [5.41, 5.74) is 5.31. The SMILES string of the molecule is CCCN(Cc1ccco1)C(=O)CN. The third-order valence-electron chi connectivity index (χ3n) is 1.95. The van der Waals surface area contributed by atoms with Crippen molar-refractivity contribution in [1.29, 1.82) is 0 Å². The molecule has 1 heterocycles. The zero-order valence-electron chi connectivity index (χ0n) is 8.40. The summed E-state index contributed by atoms with van der Waals surface area (Å²) in [5, 5.41) is 0. The second-order valence-corrected chi connectivity index (χ2v) is 3.10. The number of nitrogens with zero attached hydrogens (tertiary/aromatic N) is 1. The molecule has 1 amide bonds. The number of nitrogens with two attached hydrogens (primary N) is 1. The van der Waals surface area contributed by atoms with Crippen LogP contribution >= 0.6 is 0 Å². The molecule has 0 saturated heterocycles. The average Bonchev–Trinajstić information content (AvgIpc) is 2.68. The van der Waals surface area contributed by atoms with Crippen LogP contribution in [0, 0.1) is 0 Å². The molecule has 1 aromatic rings. The molecule has 0 radical (unpaired) electrons. The monoisotopic (exact) mass is 196 g/mol. The molecule has 0 atom stereocenters. The Balaban J connectivity index is 2.55. The fraction of sp³-hybridized carbons (Fsp3) is 0.500. The van der Waals surface area contributed by atoms with Crippen molar-refractivity contribution in [3.05, 3.63) is 24.2 Å². The average molecular weight is 196 g/mol. The van der Waals surface area contributed by atoms with E-state index in [1.807, 2.05) is 19.1 Å². The Kier molecular flexibility index (Phi) is 4.19. The van der Waals surface area contributed by atoms with Crippen LogP contribution in [0.15, 0.2) is 22.8 Å². The summed E-state index contributed by atoms with van der Waals surface area (Å²) in [6.45, 7) is 3.31. The Bertz CT molecular complexity index is 270. The molecule has 0 aliphatic rings. The molecule has 2 N–H and O–H groups in total. The van der Waals surface area contributed by atoms with Gasteiger partial charge in [-0.2, -0.15) is 0 Å². The van der Waals surface area contributed by atoms with Crippen molar-refractivity contribution in [2.45, 2.75) is 19.9 Å². The van der Waals surface area contributed by atoms with Gasteiger partial charge >= 0.3 is 0 Å². The van der Waals surface area contributed by atoms with Gasteiger partial charge in [-0.3, -0.25) is 4.79 Å². The standard InChI is InChI=1S/C10H16N2O2/c1-2-5-12(10(13)7-11)8-9-4-3-6-14-9/h3-4,6H,2,5,7-8,11H2,1H3. The number of amides is 1. The highest BCUT2D eigenvalue weighted by Gasteiger charge is 2.12. The molecule has 0 aromatic carbocycles. The maximum atomic E-state index is 11.4. The lowest BCUT2D eigenvalue weighted by Gasteiger charge is -2.19. The lowest BCUT2D eigenvalue weighted by Crippen LogP contribution is -2.35. The fourth-order valence-corrected chi connectivity index (χ4v) is 1.28. The maximum Gasteiger partial charge on any atom is 0.236 e. The van der Waals surface area contributed by atoms with Crippen molar-refractivity contribution < 1.29 is 9.21 Å². The Hall–Kier alpha value is -1.29. The summed E-state index contributed by atoms with van der Waals surface area (Å²) >= 11 is 0. The maximum absolute atomic E-state index is 11.4. The molecular weight excluding hydrogens is 180 g/mol. The van der Waals surface area contributed by atoms with Gasteiger partial charge in [-0.05, 0) is 18.6 Å². The number of carbonyl (C=O) groups excluding carboxylic acids is 1. The molecule has 0 aliphatic carbocycles. The van der Waals surface area contributed by atoms with E-state index in [0.717, 1.165) is 18.7 Å². The first kappa shape index (κ1) is 10.8. The second-order valence-electron chi connectivity index (χ2n) is 3.10. The number of hydrogen-bond acceptors (Lipinski definition) is 3. The minimum atomic E-state index is -0.0387. The van der Waals surface area contributed by atoms with E-state index in [4.69, 9.17) is 10.2 Å². The third-order valence-corrected chi connectivity index (χ3v) is 1.95. The van der Waals surface area contributed by atoms with E-state index < -0.39 is 0 Å². The van der Waals surface area contributed by atoms with Crippen LogP contribution in [0.1, 0.15) is 19.1 Å². The molecule has 14 heavy (non-hydrogen) atoms. The molecule has 4 nitrogen and oxygen atoms in total. The van der Waals surface area contributed by atoms with Gasteiger partial charge in [0.15, 0.2) is 0 Å². The molecule has 78 valence electrons. The quantitative estimate of drug-likeness (QED) is 0.763. The van der Waals surface area contributed by atoms with E-state index in [1.54, 1.807) is 11.2 Å². The van der Waals surface area contributed by atoms with Crippen LogP contribution in [0.4, 0.5) is 0 Å². The number of furan rings is 1. The Morgan fingerprint density at radius 2 is 2.43 bits per heavy atom. The van der Waals surface area contributed by atoms with Crippen molar-refractivity contribution in [2.75, 3.05) is 13.1 Å². The van der Waals surface area contributed by atoms with Gasteiger partial charge in [0, 0.05) is 6.54 Å². The zero-order valence-corrected chi connectivity index (χ0v) is 8.40. The Morgan fingerprint density at radius 1 is 1.64 bits per heavy atom. The van der Waals surface area contributed by atoms with E-state index in [-0.39, 0.29) is 12.5 Å². The molecule has 1 rings (SSSR count). The van der Waals surface area contributed by atoms with Crippen LogP contribution in [0.25, 0.3) is 0 Å². The largest absolute Gasteiger partial charge is 0.467 e. The van der Waals surface area contributed by atoms with Crippen molar-refractivity contribution in [3.63, 3.8) is 0 Å². The first-order valence-electron chi connectivity index (χ1n) is 4.78. The highest BCUT2D eigenvalue weighted by molar-refractivity contribution is 5.77. The van der Waals surface area contributed by atoms with Gasteiger partial charge in [-0.15, -0.1) is 0 Å². The normalized spacial score (nSPS) is 10.1. The van der Waals surface area contributed by atoms with Gasteiger partial charge in [-0.1, -0.05) is 6.92 Å². The van der Waals surface area contributed by atoms with E-state index in [2.05, 4.69) is 0 Å². The molecular formula is C10H16N2O2. The van der Waals surface area contributed by atoms with Crippen LogP contribution in [0.5, 0.6) is 0 Å². The summed E-state index contributed by atoms with van der Waals surface area (Å²) in [6, 6.07) is 3.67. The second kappa shape index (κ2) is 5.44. The first-order valence-corrected chi connectivity index (χ1v) is 4.78. The van der Waals surface area contributed by atoms with Crippen molar-refractivity contribution in [1.82, 2.24) is 4.90 Å². The minimum Gasteiger partial charge on any atom is -0.467 e. The molecule has 0 saturated carbocycles. The smallest absolute Gasteiger partial charge is 0.236 e. The van der Waals surface area contributed by atoms with Gasteiger partial charge in [-0.25, -0.2) is 0 Å². The molecule has 1 aromatic heterocycles. The third kappa shape index (κ3) is 2.88. The van der Waals surface area contributed by atoms with Crippen molar-refractivity contribution in [3.8, 4) is 0 Å². The number of hydrogen-bond donors (Lipinski definition) is 1. The molecule has 0 fully saturated rings. The molecule has 0 unspecified atom stereocenters. The summed E-state index contributed by atoms with van der Waals surface area (Å²) < 4.78 is 5.17. The van der Waals surface area contributed by atoms with E-state index in [0.29, 0.717) is 6.54 Å². The van der Waals surface area contributed by atoms with Crippen LogP contribution in [0.3, 0.4) is 0 Å². The lowest BCUT2D eigenvalue weighted by molar-refractivity contribution is -0.130. The Morgan fingerprint density at radius 3 is 2.93 bits per heavy atom.